The maximum Gasteiger partial charge on any atom is 0.325 e. The second kappa shape index (κ2) is 6.20. The van der Waals surface area contributed by atoms with Crippen LogP contribution in [0.1, 0.15) is 44.7 Å². The van der Waals surface area contributed by atoms with Gasteiger partial charge in [0.25, 0.3) is 0 Å². The Morgan fingerprint density at radius 1 is 1.26 bits per heavy atom. The van der Waals surface area contributed by atoms with Gasteiger partial charge >= 0.3 is 5.97 Å². The summed E-state index contributed by atoms with van der Waals surface area (Å²) in [5, 5.41) is 12.8. The molecule has 0 aromatic heterocycles. The van der Waals surface area contributed by atoms with Gasteiger partial charge in [0, 0.05) is 6.04 Å². The second-order valence-corrected chi connectivity index (χ2v) is 5.85. The van der Waals surface area contributed by atoms with Crippen LogP contribution in [0.3, 0.4) is 0 Å². The number of rotatable bonds is 4. The standard InChI is InChI=1S/C16H23NO2/c1-11-8-9-14(12(2)10-11)17-15(16(18)19)13-6-4-3-5-7-13/h3-7,11-12,14-15,17H,8-10H2,1-2H3,(H,18,19). The van der Waals surface area contributed by atoms with Gasteiger partial charge in [0.1, 0.15) is 6.04 Å². The van der Waals surface area contributed by atoms with E-state index < -0.39 is 12.0 Å². The molecule has 1 fully saturated rings. The van der Waals surface area contributed by atoms with Gasteiger partial charge in [0.2, 0.25) is 0 Å². The first-order valence-electron chi connectivity index (χ1n) is 7.11. The van der Waals surface area contributed by atoms with Crippen LogP contribution < -0.4 is 5.32 Å². The number of carboxylic acid groups (broad SMARTS) is 1. The molecular weight excluding hydrogens is 238 g/mol. The third-order valence-electron chi connectivity index (χ3n) is 4.19. The van der Waals surface area contributed by atoms with Gasteiger partial charge in [-0.1, -0.05) is 44.2 Å². The minimum atomic E-state index is -0.794. The Hall–Kier alpha value is -1.35. The first kappa shape index (κ1) is 14.1. The van der Waals surface area contributed by atoms with E-state index in [4.69, 9.17) is 0 Å². The Bertz CT molecular complexity index is 418. The second-order valence-electron chi connectivity index (χ2n) is 5.85. The molecule has 0 saturated heterocycles. The van der Waals surface area contributed by atoms with E-state index >= 15 is 0 Å². The predicted molar refractivity (Wildman–Crippen MR) is 75.9 cm³/mol. The van der Waals surface area contributed by atoms with Crippen LogP contribution in [0.25, 0.3) is 0 Å². The fraction of sp³-hybridized carbons (Fsp3) is 0.562. The van der Waals surface area contributed by atoms with Crippen LogP contribution in [-0.4, -0.2) is 17.1 Å². The predicted octanol–water partition coefficient (Wildman–Crippen LogP) is 3.23. The first-order chi connectivity index (χ1) is 9.08. The fourth-order valence-corrected chi connectivity index (χ4v) is 3.08. The smallest absolute Gasteiger partial charge is 0.325 e. The van der Waals surface area contributed by atoms with E-state index in [1.54, 1.807) is 0 Å². The van der Waals surface area contributed by atoms with E-state index in [-0.39, 0.29) is 0 Å². The number of carboxylic acids is 1. The zero-order valence-corrected chi connectivity index (χ0v) is 11.7. The van der Waals surface area contributed by atoms with Crippen molar-refractivity contribution in [3.05, 3.63) is 35.9 Å². The Kier molecular flexibility index (Phi) is 4.59. The summed E-state index contributed by atoms with van der Waals surface area (Å²) in [6, 6.07) is 9.15. The molecule has 0 heterocycles. The molecule has 2 rings (SSSR count). The summed E-state index contributed by atoms with van der Waals surface area (Å²) in [4.78, 5) is 11.5. The quantitative estimate of drug-likeness (QED) is 0.875. The van der Waals surface area contributed by atoms with Crippen LogP contribution >= 0.6 is 0 Å². The van der Waals surface area contributed by atoms with Crippen molar-refractivity contribution in [3.63, 3.8) is 0 Å². The van der Waals surface area contributed by atoms with Gasteiger partial charge in [0.05, 0.1) is 0 Å². The average molecular weight is 261 g/mol. The average Bonchev–Trinajstić information content (AvgIpc) is 2.38. The molecule has 3 nitrogen and oxygen atoms in total. The van der Waals surface area contributed by atoms with Crippen molar-refractivity contribution in [1.29, 1.82) is 0 Å². The molecule has 0 amide bonds. The molecule has 1 aromatic carbocycles. The highest BCUT2D eigenvalue weighted by molar-refractivity contribution is 5.75. The lowest BCUT2D eigenvalue weighted by molar-refractivity contribution is -0.140. The topological polar surface area (TPSA) is 49.3 Å². The molecule has 1 saturated carbocycles. The summed E-state index contributed by atoms with van der Waals surface area (Å²) < 4.78 is 0. The van der Waals surface area contributed by atoms with Crippen molar-refractivity contribution in [2.24, 2.45) is 11.8 Å². The molecule has 19 heavy (non-hydrogen) atoms. The highest BCUT2D eigenvalue weighted by Crippen LogP contribution is 2.30. The molecule has 2 N–H and O–H groups in total. The van der Waals surface area contributed by atoms with Crippen LogP contribution in [0.5, 0.6) is 0 Å². The van der Waals surface area contributed by atoms with Crippen molar-refractivity contribution in [2.45, 2.75) is 45.2 Å². The fourth-order valence-electron chi connectivity index (χ4n) is 3.08. The number of hydrogen-bond donors (Lipinski definition) is 2. The minimum absolute atomic E-state index is 0.303. The van der Waals surface area contributed by atoms with Crippen LogP contribution in [0.2, 0.25) is 0 Å². The van der Waals surface area contributed by atoms with Crippen molar-refractivity contribution in [1.82, 2.24) is 5.32 Å². The third-order valence-corrected chi connectivity index (χ3v) is 4.19. The number of nitrogens with one attached hydrogen (secondary N) is 1. The monoisotopic (exact) mass is 261 g/mol. The lowest BCUT2D eigenvalue weighted by Gasteiger charge is -2.35. The minimum Gasteiger partial charge on any atom is -0.480 e. The van der Waals surface area contributed by atoms with Gasteiger partial charge in [-0.2, -0.15) is 0 Å². The Balaban J connectivity index is 2.07. The zero-order chi connectivity index (χ0) is 13.8. The van der Waals surface area contributed by atoms with Crippen LogP contribution in [-0.2, 0) is 4.79 Å². The van der Waals surface area contributed by atoms with Crippen LogP contribution in [0.15, 0.2) is 30.3 Å². The van der Waals surface area contributed by atoms with Gasteiger partial charge in [-0.05, 0) is 36.7 Å². The normalized spacial score (nSPS) is 28.8. The summed E-state index contributed by atoms with van der Waals surface area (Å²) in [5.41, 5.74) is 0.834. The molecule has 104 valence electrons. The number of aliphatic carboxylic acids is 1. The number of hydrogen-bond acceptors (Lipinski definition) is 2. The highest BCUT2D eigenvalue weighted by Gasteiger charge is 2.30. The summed E-state index contributed by atoms with van der Waals surface area (Å²) in [6.45, 7) is 4.50. The molecule has 1 aliphatic carbocycles. The van der Waals surface area contributed by atoms with Gasteiger partial charge in [-0.25, -0.2) is 0 Å². The van der Waals surface area contributed by atoms with E-state index in [0.717, 1.165) is 17.9 Å². The van der Waals surface area contributed by atoms with E-state index in [1.165, 1.54) is 12.8 Å². The zero-order valence-electron chi connectivity index (χ0n) is 11.7. The summed E-state index contributed by atoms with van der Waals surface area (Å²) in [6.07, 6.45) is 3.43. The van der Waals surface area contributed by atoms with Gasteiger partial charge in [-0.15, -0.1) is 0 Å². The Morgan fingerprint density at radius 2 is 1.95 bits per heavy atom. The lowest BCUT2D eigenvalue weighted by atomic mass is 9.79. The van der Waals surface area contributed by atoms with Crippen molar-refractivity contribution in [2.75, 3.05) is 0 Å². The summed E-state index contributed by atoms with van der Waals surface area (Å²) in [5.74, 6) is 0.499. The highest BCUT2D eigenvalue weighted by atomic mass is 16.4. The number of benzene rings is 1. The van der Waals surface area contributed by atoms with Crippen LogP contribution in [0.4, 0.5) is 0 Å². The molecule has 0 aliphatic heterocycles. The van der Waals surface area contributed by atoms with Gasteiger partial charge in [-0.3, -0.25) is 10.1 Å². The van der Waals surface area contributed by atoms with Crippen molar-refractivity contribution < 1.29 is 9.90 Å². The molecule has 0 spiro atoms. The summed E-state index contributed by atoms with van der Waals surface area (Å²) >= 11 is 0. The largest absolute Gasteiger partial charge is 0.480 e. The molecular formula is C16H23NO2. The SMILES string of the molecule is CC1CCC(NC(C(=O)O)c2ccccc2)C(C)C1. The molecule has 4 unspecified atom stereocenters. The van der Waals surface area contributed by atoms with E-state index in [2.05, 4.69) is 19.2 Å². The van der Waals surface area contributed by atoms with Crippen molar-refractivity contribution >= 4 is 5.97 Å². The molecule has 1 aromatic rings. The van der Waals surface area contributed by atoms with E-state index in [1.807, 2.05) is 30.3 Å². The molecule has 0 radical (unpaired) electrons. The number of carbonyl (C=O) groups is 1. The first-order valence-corrected chi connectivity index (χ1v) is 7.11. The Morgan fingerprint density at radius 3 is 2.53 bits per heavy atom. The van der Waals surface area contributed by atoms with Crippen LogP contribution in [0, 0.1) is 11.8 Å². The molecule has 1 aliphatic rings. The van der Waals surface area contributed by atoms with Gasteiger partial charge < -0.3 is 5.11 Å². The van der Waals surface area contributed by atoms with E-state index in [0.29, 0.717) is 12.0 Å². The van der Waals surface area contributed by atoms with E-state index in [9.17, 15) is 9.90 Å². The van der Waals surface area contributed by atoms with Gasteiger partial charge in [0.15, 0.2) is 0 Å². The molecule has 0 bridgehead atoms. The maximum absolute atomic E-state index is 11.5. The lowest BCUT2D eigenvalue weighted by Crippen LogP contribution is -2.43. The third kappa shape index (κ3) is 3.57. The Labute approximate surface area is 115 Å². The summed E-state index contributed by atoms with van der Waals surface area (Å²) in [7, 11) is 0. The van der Waals surface area contributed by atoms with Crippen molar-refractivity contribution in [3.8, 4) is 0 Å². The maximum atomic E-state index is 11.5. The molecule has 4 atom stereocenters. The molecule has 3 heteroatoms.